The van der Waals surface area contributed by atoms with Crippen molar-refractivity contribution >= 4 is 40.9 Å². The van der Waals surface area contributed by atoms with Crippen molar-refractivity contribution in [3.8, 4) is 5.75 Å². The molecule has 0 radical (unpaired) electrons. The van der Waals surface area contributed by atoms with Crippen LogP contribution >= 0.6 is 23.4 Å². The molecule has 0 saturated carbocycles. The highest BCUT2D eigenvalue weighted by atomic mass is 35.5. The minimum absolute atomic E-state index is 0.0373. The average molecular weight is 489 g/mol. The van der Waals surface area contributed by atoms with Crippen LogP contribution in [0.5, 0.6) is 5.75 Å². The van der Waals surface area contributed by atoms with E-state index in [1.807, 2.05) is 6.92 Å². The van der Waals surface area contributed by atoms with E-state index in [1.165, 1.54) is 28.8 Å². The molecule has 2 aromatic carbocycles. The SMILES string of the molecule is CCCOc1ccc(F)c(CN2C(=O)CSc3cc(C(=O)NCc4ccco4)ccc32)c1Cl. The van der Waals surface area contributed by atoms with Crippen molar-refractivity contribution < 1.29 is 23.1 Å². The van der Waals surface area contributed by atoms with Crippen molar-refractivity contribution in [2.45, 2.75) is 31.3 Å². The van der Waals surface area contributed by atoms with Gasteiger partial charge in [-0.25, -0.2) is 4.39 Å². The molecule has 2 amide bonds. The number of nitrogens with one attached hydrogen (secondary N) is 1. The summed E-state index contributed by atoms with van der Waals surface area (Å²) in [4.78, 5) is 27.5. The normalized spacial score (nSPS) is 13.1. The number of carbonyl (C=O) groups excluding carboxylic acids is 2. The summed E-state index contributed by atoms with van der Waals surface area (Å²) in [6.45, 7) is 2.65. The van der Waals surface area contributed by atoms with Crippen LogP contribution < -0.4 is 15.0 Å². The second kappa shape index (κ2) is 10.3. The number of amides is 2. The van der Waals surface area contributed by atoms with Crippen LogP contribution in [0.2, 0.25) is 5.02 Å². The standard InChI is InChI=1S/C24H22ClFN2O4S/c1-2-9-32-20-8-6-18(26)17(23(20)25)13-28-19-7-5-15(11-21(19)33-14-22(28)29)24(30)27-12-16-4-3-10-31-16/h3-8,10-11H,2,9,12-14H2,1H3,(H,27,30). The Morgan fingerprint density at radius 2 is 2.15 bits per heavy atom. The number of ether oxygens (including phenoxy) is 1. The lowest BCUT2D eigenvalue weighted by atomic mass is 10.1. The Labute approximate surface area is 200 Å². The third-order valence-electron chi connectivity index (χ3n) is 5.10. The number of furan rings is 1. The van der Waals surface area contributed by atoms with Crippen molar-refractivity contribution in [1.29, 1.82) is 0 Å². The Morgan fingerprint density at radius 1 is 1.30 bits per heavy atom. The van der Waals surface area contributed by atoms with Gasteiger partial charge in [-0.1, -0.05) is 18.5 Å². The molecule has 33 heavy (non-hydrogen) atoms. The van der Waals surface area contributed by atoms with Crippen LogP contribution in [0.1, 0.15) is 35.0 Å². The second-order valence-corrected chi connectivity index (χ2v) is 8.79. The number of benzene rings is 2. The van der Waals surface area contributed by atoms with Crippen LogP contribution in [0.3, 0.4) is 0 Å². The van der Waals surface area contributed by atoms with Gasteiger partial charge in [0.25, 0.3) is 5.91 Å². The molecule has 0 saturated heterocycles. The fourth-order valence-electron chi connectivity index (χ4n) is 3.40. The number of fused-ring (bicyclic) bond motifs is 1. The van der Waals surface area contributed by atoms with E-state index < -0.39 is 5.82 Å². The summed E-state index contributed by atoms with van der Waals surface area (Å²) in [5.74, 6) is 0.279. The molecule has 0 atom stereocenters. The molecule has 0 bridgehead atoms. The maximum atomic E-state index is 14.6. The molecule has 2 heterocycles. The zero-order chi connectivity index (χ0) is 23.4. The van der Waals surface area contributed by atoms with E-state index in [-0.39, 0.29) is 41.2 Å². The van der Waals surface area contributed by atoms with Crippen LogP contribution in [0.25, 0.3) is 0 Å². The number of halogens is 2. The molecule has 3 aromatic rings. The highest BCUT2D eigenvalue weighted by molar-refractivity contribution is 8.00. The molecule has 6 nitrogen and oxygen atoms in total. The Morgan fingerprint density at radius 3 is 2.91 bits per heavy atom. The third kappa shape index (κ3) is 5.17. The summed E-state index contributed by atoms with van der Waals surface area (Å²) in [6, 6.07) is 11.4. The fourth-order valence-corrected chi connectivity index (χ4v) is 4.64. The van der Waals surface area contributed by atoms with Gasteiger partial charge in [0.15, 0.2) is 0 Å². The number of rotatable bonds is 8. The van der Waals surface area contributed by atoms with Gasteiger partial charge >= 0.3 is 0 Å². The smallest absolute Gasteiger partial charge is 0.251 e. The summed E-state index contributed by atoms with van der Waals surface area (Å²) >= 11 is 7.76. The van der Waals surface area contributed by atoms with Gasteiger partial charge in [0.05, 0.1) is 42.4 Å². The molecule has 172 valence electrons. The highest BCUT2D eigenvalue weighted by Gasteiger charge is 2.28. The third-order valence-corrected chi connectivity index (χ3v) is 6.54. The van der Waals surface area contributed by atoms with Crippen molar-refractivity contribution in [1.82, 2.24) is 5.32 Å². The first kappa shape index (κ1) is 23.2. The maximum absolute atomic E-state index is 14.6. The lowest BCUT2D eigenvalue weighted by molar-refractivity contribution is -0.116. The van der Waals surface area contributed by atoms with Gasteiger partial charge in [-0.05, 0) is 48.9 Å². The zero-order valence-corrected chi connectivity index (χ0v) is 19.5. The van der Waals surface area contributed by atoms with E-state index in [0.29, 0.717) is 29.4 Å². The molecular formula is C24H22ClFN2O4S. The fraction of sp³-hybridized carbons (Fsp3) is 0.250. The number of thioether (sulfide) groups is 1. The summed E-state index contributed by atoms with van der Waals surface area (Å²) < 4.78 is 25.5. The number of anilines is 1. The molecule has 0 spiro atoms. The number of carbonyl (C=O) groups is 2. The zero-order valence-electron chi connectivity index (χ0n) is 17.9. The average Bonchev–Trinajstić information content (AvgIpc) is 3.34. The van der Waals surface area contributed by atoms with Crippen LogP contribution in [-0.2, 0) is 17.9 Å². The predicted octanol–water partition coefficient (Wildman–Crippen LogP) is 5.43. The summed E-state index contributed by atoms with van der Waals surface area (Å²) in [5, 5.41) is 2.96. The Bertz CT molecular complexity index is 1170. The van der Waals surface area contributed by atoms with Gasteiger partial charge < -0.3 is 19.4 Å². The maximum Gasteiger partial charge on any atom is 0.251 e. The van der Waals surface area contributed by atoms with Crippen LogP contribution in [-0.4, -0.2) is 24.2 Å². The predicted molar refractivity (Wildman–Crippen MR) is 125 cm³/mol. The first-order valence-electron chi connectivity index (χ1n) is 10.5. The Hall–Kier alpha value is -2.97. The molecule has 9 heteroatoms. The lowest BCUT2D eigenvalue weighted by Crippen LogP contribution is -2.35. The Kier molecular flexibility index (Phi) is 7.25. The molecule has 4 rings (SSSR count). The van der Waals surface area contributed by atoms with Gasteiger partial charge in [-0.15, -0.1) is 11.8 Å². The molecule has 1 aliphatic rings. The van der Waals surface area contributed by atoms with Crippen LogP contribution in [0.4, 0.5) is 10.1 Å². The lowest BCUT2D eigenvalue weighted by Gasteiger charge is -2.30. The monoisotopic (exact) mass is 488 g/mol. The largest absolute Gasteiger partial charge is 0.492 e. The van der Waals surface area contributed by atoms with Gasteiger partial charge in [-0.2, -0.15) is 0 Å². The minimum atomic E-state index is -0.509. The van der Waals surface area contributed by atoms with Crippen molar-refractivity contribution in [3.05, 3.63) is 76.5 Å². The Balaban J connectivity index is 1.56. The summed E-state index contributed by atoms with van der Waals surface area (Å²) in [6.07, 6.45) is 2.33. The number of hydrogen-bond acceptors (Lipinski definition) is 5. The van der Waals surface area contributed by atoms with E-state index in [1.54, 1.807) is 36.6 Å². The molecule has 0 fully saturated rings. The molecule has 1 aliphatic heterocycles. The van der Waals surface area contributed by atoms with E-state index in [9.17, 15) is 14.0 Å². The van der Waals surface area contributed by atoms with E-state index in [4.69, 9.17) is 20.8 Å². The van der Waals surface area contributed by atoms with Gasteiger partial charge in [-0.3, -0.25) is 9.59 Å². The van der Waals surface area contributed by atoms with Crippen LogP contribution in [0, 0.1) is 5.82 Å². The molecule has 1 N–H and O–H groups in total. The molecule has 1 aromatic heterocycles. The van der Waals surface area contributed by atoms with Crippen molar-refractivity contribution in [2.75, 3.05) is 17.3 Å². The first-order chi connectivity index (χ1) is 16.0. The number of hydrogen-bond donors (Lipinski definition) is 1. The summed E-state index contributed by atoms with van der Waals surface area (Å²) in [5.41, 5.74) is 1.26. The van der Waals surface area contributed by atoms with Gasteiger partial charge in [0.2, 0.25) is 5.91 Å². The van der Waals surface area contributed by atoms with Gasteiger partial charge in [0.1, 0.15) is 17.3 Å². The highest BCUT2D eigenvalue weighted by Crippen LogP contribution is 2.39. The van der Waals surface area contributed by atoms with Crippen molar-refractivity contribution in [3.63, 3.8) is 0 Å². The van der Waals surface area contributed by atoms with E-state index >= 15 is 0 Å². The molecular weight excluding hydrogens is 467 g/mol. The van der Waals surface area contributed by atoms with Gasteiger partial charge in [0, 0.05) is 16.0 Å². The second-order valence-electron chi connectivity index (χ2n) is 7.40. The quantitative estimate of drug-likeness (QED) is 0.457. The first-order valence-corrected chi connectivity index (χ1v) is 11.8. The van der Waals surface area contributed by atoms with Crippen LogP contribution in [0.15, 0.2) is 58.0 Å². The molecule has 0 aliphatic carbocycles. The number of nitrogens with zero attached hydrogens (tertiary/aromatic N) is 1. The molecule has 0 unspecified atom stereocenters. The van der Waals surface area contributed by atoms with E-state index in [0.717, 1.165) is 11.3 Å². The van der Waals surface area contributed by atoms with E-state index in [2.05, 4.69) is 5.32 Å². The topological polar surface area (TPSA) is 71.8 Å². The summed E-state index contributed by atoms with van der Waals surface area (Å²) in [7, 11) is 0. The van der Waals surface area contributed by atoms with Crippen molar-refractivity contribution in [2.24, 2.45) is 0 Å². The minimum Gasteiger partial charge on any atom is -0.492 e.